The van der Waals surface area contributed by atoms with Crippen LogP contribution in [-0.2, 0) is 11.3 Å². The molecule has 0 amide bonds. The minimum Gasteiger partial charge on any atom is -0.497 e. The fraction of sp³-hybridized carbons (Fsp3) is 0.500. The van der Waals surface area contributed by atoms with E-state index in [0.717, 1.165) is 23.6 Å². The van der Waals surface area contributed by atoms with E-state index in [2.05, 4.69) is 4.90 Å². The maximum Gasteiger partial charge on any atom is 0.304 e. The van der Waals surface area contributed by atoms with Gasteiger partial charge in [-0.15, -0.1) is 0 Å². The topological polar surface area (TPSA) is 59.0 Å². The minimum atomic E-state index is -0.781. The van der Waals surface area contributed by atoms with Crippen LogP contribution in [0.15, 0.2) is 18.2 Å². The van der Waals surface area contributed by atoms with E-state index in [1.54, 1.807) is 14.2 Å². The van der Waals surface area contributed by atoms with E-state index in [9.17, 15) is 4.79 Å². The Hall–Kier alpha value is -1.75. The summed E-state index contributed by atoms with van der Waals surface area (Å²) < 4.78 is 10.5. The molecule has 19 heavy (non-hydrogen) atoms. The Kier molecular flexibility index (Phi) is 6.15. The van der Waals surface area contributed by atoms with Crippen molar-refractivity contribution in [3.05, 3.63) is 23.8 Å². The fourth-order valence-corrected chi connectivity index (χ4v) is 1.85. The predicted molar refractivity (Wildman–Crippen MR) is 72.7 cm³/mol. The van der Waals surface area contributed by atoms with Crippen molar-refractivity contribution in [2.24, 2.45) is 0 Å². The third-order valence-corrected chi connectivity index (χ3v) is 2.97. The second-order valence-corrected chi connectivity index (χ2v) is 4.19. The molecule has 0 aliphatic rings. The van der Waals surface area contributed by atoms with Crippen LogP contribution in [-0.4, -0.2) is 43.3 Å². The predicted octanol–water partition coefficient (Wildman–Crippen LogP) is 2.00. The third kappa shape index (κ3) is 4.79. The number of methoxy groups -OCH3 is 2. The molecule has 0 saturated heterocycles. The Morgan fingerprint density at radius 2 is 2.05 bits per heavy atom. The molecule has 1 aromatic carbocycles. The first-order valence-corrected chi connectivity index (χ1v) is 6.25. The number of ether oxygens (including phenoxy) is 2. The maximum absolute atomic E-state index is 10.6. The molecule has 1 N–H and O–H groups in total. The summed E-state index contributed by atoms with van der Waals surface area (Å²) in [6.07, 6.45) is 0.139. The first kappa shape index (κ1) is 15.3. The molecular weight excluding hydrogens is 246 g/mol. The van der Waals surface area contributed by atoms with E-state index in [-0.39, 0.29) is 6.42 Å². The number of benzene rings is 1. The van der Waals surface area contributed by atoms with Gasteiger partial charge in [0.25, 0.3) is 0 Å². The van der Waals surface area contributed by atoms with Crippen LogP contribution in [0.25, 0.3) is 0 Å². The minimum absolute atomic E-state index is 0.139. The molecule has 0 unspecified atom stereocenters. The molecule has 0 spiro atoms. The maximum atomic E-state index is 10.6. The molecule has 0 radical (unpaired) electrons. The molecule has 0 atom stereocenters. The highest BCUT2D eigenvalue weighted by Crippen LogP contribution is 2.25. The Morgan fingerprint density at radius 1 is 1.32 bits per heavy atom. The van der Waals surface area contributed by atoms with Gasteiger partial charge in [-0.05, 0) is 24.7 Å². The molecule has 0 bridgehead atoms. The van der Waals surface area contributed by atoms with Crippen LogP contribution in [0.1, 0.15) is 18.9 Å². The molecule has 0 saturated carbocycles. The van der Waals surface area contributed by atoms with Crippen molar-refractivity contribution in [2.75, 3.05) is 27.3 Å². The summed E-state index contributed by atoms with van der Waals surface area (Å²) in [5.41, 5.74) is 0.995. The lowest BCUT2D eigenvalue weighted by Gasteiger charge is -2.21. The zero-order chi connectivity index (χ0) is 14.3. The van der Waals surface area contributed by atoms with Gasteiger partial charge in [0.15, 0.2) is 0 Å². The zero-order valence-electron chi connectivity index (χ0n) is 11.7. The molecule has 0 aliphatic heterocycles. The summed E-state index contributed by atoms with van der Waals surface area (Å²) in [6.45, 7) is 3.96. The lowest BCUT2D eigenvalue weighted by atomic mass is 10.1. The largest absolute Gasteiger partial charge is 0.497 e. The number of aliphatic carboxylic acids is 1. The van der Waals surface area contributed by atoms with Crippen LogP contribution in [0.4, 0.5) is 0 Å². The van der Waals surface area contributed by atoms with Crippen molar-refractivity contribution in [2.45, 2.75) is 19.9 Å². The van der Waals surface area contributed by atoms with E-state index in [0.29, 0.717) is 13.1 Å². The molecule has 0 aliphatic carbocycles. The van der Waals surface area contributed by atoms with Gasteiger partial charge in [-0.2, -0.15) is 0 Å². The highest BCUT2D eigenvalue weighted by molar-refractivity contribution is 5.66. The van der Waals surface area contributed by atoms with E-state index >= 15 is 0 Å². The number of carboxylic acids is 1. The van der Waals surface area contributed by atoms with Gasteiger partial charge in [0.2, 0.25) is 0 Å². The summed E-state index contributed by atoms with van der Waals surface area (Å²) in [7, 11) is 3.24. The molecule has 5 nitrogen and oxygen atoms in total. The lowest BCUT2D eigenvalue weighted by Crippen LogP contribution is -2.26. The summed E-state index contributed by atoms with van der Waals surface area (Å²) in [4.78, 5) is 12.7. The van der Waals surface area contributed by atoms with Gasteiger partial charge in [0.05, 0.1) is 20.6 Å². The fourth-order valence-electron chi connectivity index (χ4n) is 1.85. The number of carboxylic acid groups (broad SMARTS) is 1. The molecule has 0 fully saturated rings. The quantitative estimate of drug-likeness (QED) is 0.780. The van der Waals surface area contributed by atoms with Gasteiger partial charge >= 0.3 is 5.97 Å². The second kappa shape index (κ2) is 7.63. The first-order valence-electron chi connectivity index (χ1n) is 6.25. The standard InChI is InChI=1S/C14H21NO4/c1-4-15(8-7-14(16)17)10-11-9-12(18-2)5-6-13(11)19-3/h5-6,9H,4,7-8,10H2,1-3H3,(H,16,17). The number of hydrogen-bond donors (Lipinski definition) is 1. The Labute approximate surface area is 113 Å². The van der Waals surface area contributed by atoms with Gasteiger partial charge < -0.3 is 14.6 Å². The molecular formula is C14H21NO4. The summed E-state index contributed by atoms with van der Waals surface area (Å²) in [5.74, 6) is 0.774. The average molecular weight is 267 g/mol. The number of rotatable bonds is 8. The summed E-state index contributed by atoms with van der Waals surface area (Å²) >= 11 is 0. The van der Waals surface area contributed by atoms with Crippen molar-refractivity contribution in [1.82, 2.24) is 4.90 Å². The highest BCUT2D eigenvalue weighted by Gasteiger charge is 2.11. The van der Waals surface area contributed by atoms with Crippen molar-refractivity contribution in [1.29, 1.82) is 0 Å². The first-order chi connectivity index (χ1) is 9.10. The van der Waals surface area contributed by atoms with Crippen LogP contribution in [0.3, 0.4) is 0 Å². The van der Waals surface area contributed by atoms with E-state index in [4.69, 9.17) is 14.6 Å². The average Bonchev–Trinajstić information content (AvgIpc) is 2.42. The summed E-state index contributed by atoms with van der Waals surface area (Å²) in [5, 5.41) is 8.74. The van der Waals surface area contributed by atoms with Crippen LogP contribution in [0, 0.1) is 0 Å². The molecule has 1 rings (SSSR count). The monoisotopic (exact) mass is 267 g/mol. The SMILES string of the molecule is CCN(CCC(=O)O)Cc1cc(OC)ccc1OC. The molecule has 0 heterocycles. The number of hydrogen-bond acceptors (Lipinski definition) is 4. The lowest BCUT2D eigenvalue weighted by molar-refractivity contribution is -0.137. The van der Waals surface area contributed by atoms with E-state index in [1.807, 2.05) is 25.1 Å². The van der Waals surface area contributed by atoms with Crippen LogP contribution in [0.2, 0.25) is 0 Å². The van der Waals surface area contributed by atoms with Gasteiger partial charge in [-0.25, -0.2) is 0 Å². The highest BCUT2D eigenvalue weighted by atomic mass is 16.5. The van der Waals surface area contributed by atoms with Gasteiger partial charge in [0.1, 0.15) is 11.5 Å². The molecule has 106 valence electrons. The Bertz CT molecular complexity index is 420. The van der Waals surface area contributed by atoms with E-state index < -0.39 is 5.97 Å². The van der Waals surface area contributed by atoms with Gasteiger partial charge in [-0.1, -0.05) is 6.92 Å². The van der Waals surface area contributed by atoms with Crippen molar-refractivity contribution < 1.29 is 19.4 Å². The molecule has 1 aromatic rings. The number of nitrogens with zero attached hydrogens (tertiary/aromatic N) is 1. The summed E-state index contributed by atoms with van der Waals surface area (Å²) in [6, 6.07) is 5.62. The van der Waals surface area contributed by atoms with Crippen LogP contribution in [0.5, 0.6) is 11.5 Å². The Balaban J connectivity index is 2.79. The van der Waals surface area contributed by atoms with E-state index in [1.165, 1.54) is 0 Å². The van der Waals surface area contributed by atoms with Gasteiger partial charge in [-0.3, -0.25) is 9.69 Å². The second-order valence-electron chi connectivity index (χ2n) is 4.19. The van der Waals surface area contributed by atoms with Crippen LogP contribution < -0.4 is 9.47 Å². The van der Waals surface area contributed by atoms with Crippen LogP contribution >= 0.6 is 0 Å². The number of carbonyl (C=O) groups is 1. The third-order valence-electron chi connectivity index (χ3n) is 2.97. The zero-order valence-corrected chi connectivity index (χ0v) is 11.7. The van der Waals surface area contributed by atoms with Gasteiger partial charge in [0, 0.05) is 18.7 Å². The molecule has 5 heteroatoms. The van der Waals surface area contributed by atoms with Crippen molar-refractivity contribution in [3.63, 3.8) is 0 Å². The smallest absolute Gasteiger partial charge is 0.304 e. The van der Waals surface area contributed by atoms with Crippen molar-refractivity contribution >= 4 is 5.97 Å². The Morgan fingerprint density at radius 3 is 2.58 bits per heavy atom. The molecule has 0 aromatic heterocycles. The normalized spacial score (nSPS) is 10.5. The van der Waals surface area contributed by atoms with Crippen molar-refractivity contribution in [3.8, 4) is 11.5 Å².